The molecule has 45 valence electrons. The Kier molecular flexibility index (Phi) is 4.03. The van der Waals surface area contributed by atoms with Gasteiger partial charge >= 0.3 is 0 Å². The number of carbonyl (C=O) groups is 1. The number of halogens is 1. The summed E-state index contributed by atoms with van der Waals surface area (Å²) in [5.41, 5.74) is 0. The fourth-order valence-corrected chi connectivity index (χ4v) is 0.274. The van der Waals surface area contributed by atoms with E-state index in [4.69, 9.17) is 0 Å². The lowest BCUT2D eigenvalue weighted by Crippen LogP contribution is -1.98. The lowest BCUT2D eigenvalue weighted by atomic mass is 10.2. The van der Waals surface area contributed by atoms with E-state index < -0.39 is 6.67 Å². The molecule has 0 unspecified atom stereocenters. The quantitative estimate of drug-likeness (QED) is 0.500. The lowest BCUT2D eigenvalue weighted by molar-refractivity contribution is -0.118. The highest BCUT2D eigenvalue weighted by atomic mass is 19.1. The first-order valence-electron chi connectivity index (χ1n) is 2.24. The van der Waals surface area contributed by atoms with Gasteiger partial charge in [0.05, 0.1) is 13.1 Å². The van der Waals surface area contributed by atoms with Crippen molar-refractivity contribution < 1.29 is 14.0 Å². The van der Waals surface area contributed by atoms with E-state index in [0.29, 0.717) is 0 Å². The van der Waals surface area contributed by atoms with Crippen molar-refractivity contribution in [2.45, 2.75) is 12.8 Å². The summed E-state index contributed by atoms with van der Waals surface area (Å²) in [5, 5.41) is 0. The summed E-state index contributed by atoms with van der Waals surface area (Å²) in [5.74, 6) is -0.387. The Balaban J connectivity index is 3.18. The molecule has 3 heteroatoms. The SMILES string of the molecule is O=[C]CC(=O)CCF. The molecule has 0 aromatic heterocycles. The van der Waals surface area contributed by atoms with Crippen LogP contribution in [-0.2, 0) is 9.59 Å². The minimum absolute atomic E-state index is 0.158. The molecule has 0 aliphatic carbocycles. The summed E-state index contributed by atoms with van der Waals surface area (Å²) in [6.07, 6.45) is 0.955. The number of hydrogen-bond donors (Lipinski definition) is 0. The van der Waals surface area contributed by atoms with Crippen LogP contribution >= 0.6 is 0 Å². The van der Waals surface area contributed by atoms with Gasteiger partial charge in [0.2, 0.25) is 6.29 Å². The molecule has 0 bridgehead atoms. The van der Waals surface area contributed by atoms with E-state index in [1.807, 2.05) is 0 Å². The van der Waals surface area contributed by atoms with Crippen molar-refractivity contribution in [2.24, 2.45) is 0 Å². The van der Waals surface area contributed by atoms with E-state index in [9.17, 15) is 14.0 Å². The second kappa shape index (κ2) is 4.43. The van der Waals surface area contributed by atoms with Crippen molar-refractivity contribution >= 4 is 12.1 Å². The molecule has 0 heterocycles. The number of ketones is 1. The van der Waals surface area contributed by atoms with Crippen molar-refractivity contribution in [1.82, 2.24) is 0 Å². The Morgan fingerprint density at radius 1 is 1.62 bits per heavy atom. The van der Waals surface area contributed by atoms with Gasteiger partial charge in [0, 0.05) is 6.42 Å². The van der Waals surface area contributed by atoms with Crippen LogP contribution in [0.5, 0.6) is 0 Å². The molecular formula is C5H6FO2. The number of alkyl halides is 1. The van der Waals surface area contributed by atoms with Crippen LogP contribution in [0.1, 0.15) is 12.8 Å². The Hall–Kier alpha value is -0.730. The number of rotatable bonds is 4. The zero-order valence-electron chi connectivity index (χ0n) is 4.32. The first-order chi connectivity index (χ1) is 3.81. The molecule has 0 spiro atoms. The normalized spacial score (nSPS) is 8.62. The predicted molar refractivity (Wildman–Crippen MR) is 25.9 cm³/mol. The number of carbonyl (C=O) groups excluding carboxylic acids is 2. The zero-order chi connectivity index (χ0) is 6.41. The van der Waals surface area contributed by atoms with Crippen molar-refractivity contribution in [1.29, 1.82) is 0 Å². The van der Waals surface area contributed by atoms with Gasteiger partial charge in [-0.25, -0.2) is 0 Å². The maximum atomic E-state index is 11.2. The van der Waals surface area contributed by atoms with Gasteiger partial charge in [-0.05, 0) is 0 Å². The van der Waals surface area contributed by atoms with Crippen LogP contribution in [0.15, 0.2) is 0 Å². The minimum Gasteiger partial charge on any atom is -0.299 e. The Morgan fingerprint density at radius 2 is 2.25 bits per heavy atom. The van der Waals surface area contributed by atoms with E-state index in [2.05, 4.69) is 0 Å². The number of Topliss-reactive ketones (excluding diaryl/α,β-unsaturated/α-hetero) is 1. The molecule has 0 aromatic rings. The van der Waals surface area contributed by atoms with E-state index >= 15 is 0 Å². The third-order valence-corrected chi connectivity index (χ3v) is 0.643. The van der Waals surface area contributed by atoms with Crippen LogP contribution < -0.4 is 0 Å². The summed E-state index contributed by atoms with van der Waals surface area (Å²) < 4.78 is 11.2. The van der Waals surface area contributed by atoms with Crippen LogP contribution in [-0.4, -0.2) is 18.7 Å². The van der Waals surface area contributed by atoms with E-state index in [1.165, 1.54) is 6.29 Å². The maximum Gasteiger partial charge on any atom is 0.206 e. The number of hydrogen-bond acceptors (Lipinski definition) is 2. The molecule has 0 aliphatic rings. The second-order valence-corrected chi connectivity index (χ2v) is 1.30. The summed E-state index contributed by atoms with van der Waals surface area (Å²) in [6, 6.07) is 0. The summed E-state index contributed by atoms with van der Waals surface area (Å²) in [6.45, 7) is -0.680. The first kappa shape index (κ1) is 7.27. The molecule has 0 aliphatic heterocycles. The predicted octanol–water partition coefficient (Wildman–Crippen LogP) is 0.415. The molecule has 0 N–H and O–H groups in total. The largest absolute Gasteiger partial charge is 0.299 e. The van der Waals surface area contributed by atoms with E-state index in [-0.39, 0.29) is 18.6 Å². The van der Waals surface area contributed by atoms with Gasteiger partial charge in [-0.3, -0.25) is 14.0 Å². The van der Waals surface area contributed by atoms with E-state index in [0.717, 1.165) is 0 Å². The molecule has 0 amide bonds. The highest BCUT2D eigenvalue weighted by molar-refractivity contribution is 5.89. The van der Waals surface area contributed by atoms with Crippen molar-refractivity contribution in [3.8, 4) is 0 Å². The van der Waals surface area contributed by atoms with Gasteiger partial charge < -0.3 is 0 Å². The van der Waals surface area contributed by atoms with Gasteiger partial charge in [0.25, 0.3) is 0 Å². The van der Waals surface area contributed by atoms with Crippen LogP contribution in [0.25, 0.3) is 0 Å². The van der Waals surface area contributed by atoms with Gasteiger partial charge in [-0.15, -0.1) is 0 Å². The van der Waals surface area contributed by atoms with Crippen LogP contribution in [0.2, 0.25) is 0 Å². The highest BCUT2D eigenvalue weighted by Crippen LogP contribution is 1.86. The van der Waals surface area contributed by atoms with Crippen molar-refractivity contribution in [2.75, 3.05) is 6.67 Å². The Labute approximate surface area is 46.7 Å². The molecule has 0 aromatic carbocycles. The highest BCUT2D eigenvalue weighted by Gasteiger charge is 1.98. The second-order valence-electron chi connectivity index (χ2n) is 1.30. The summed E-state index contributed by atoms with van der Waals surface area (Å²) in [7, 11) is 0. The molecule has 0 saturated carbocycles. The first-order valence-corrected chi connectivity index (χ1v) is 2.24. The molecule has 1 radical (unpaired) electrons. The average molecular weight is 117 g/mol. The van der Waals surface area contributed by atoms with Crippen molar-refractivity contribution in [3.05, 3.63) is 0 Å². The van der Waals surface area contributed by atoms with Crippen molar-refractivity contribution in [3.63, 3.8) is 0 Å². The minimum atomic E-state index is -0.680. The van der Waals surface area contributed by atoms with E-state index in [1.54, 1.807) is 0 Å². The standard InChI is InChI=1S/C5H6FO2/c6-3-1-5(8)2-4-7/h1-3H2. The molecule has 0 saturated heterocycles. The fourth-order valence-electron chi connectivity index (χ4n) is 0.274. The third-order valence-electron chi connectivity index (χ3n) is 0.643. The molecule has 2 nitrogen and oxygen atoms in total. The molecular weight excluding hydrogens is 111 g/mol. The molecule has 8 heavy (non-hydrogen) atoms. The average Bonchev–Trinajstić information content (AvgIpc) is 1.68. The monoisotopic (exact) mass is 117 g/mol. The smallest absolute Gasteiger partial charge is 0.206 e. The zero-order valence-corrected chi connectivity index (χ0v) is 4.32. The summed E-state index contributed by atoms with van der Waals surface area (Å²) >= 11 is 0. The lowest BCUT2D eigenvalue weighted by Gasteiger charge is -1.84. The molecule has 0 atom stereocenters. The molecule has 0 rings (SSSR count). The Morgan fingerprint density at radius 3 is 2.62 bits per heavy atom. The maximum absolute atomic E-state index is 11.2. The van der Waals surface area contributed by atoms with Crippen LogP contribution in [0.3, 0.4) is 0 Å². The third kappa shape index (κ3) is 3.46. The van der Waals surface area contributed by atoms with Crippen LogP contribution in [0, 0.1) is 0 Å². The fraction of sp³-hybridized carbons (Fsp3) is 0.600. The van der Waals surface area contributed by atoms with Gasteiger partial charge in [0.15, 0.2) is 0 Å². The van der Waals surface area contributed by atoms with Crippen LogP contribution in [0.4, 0.5) is 4.39 Å². The molecule has 0 fully saturated rings. The summed E-state index contributed by atoms with van der Waals surface area (Å²) in [4.78, 5) is 19.6. The Bertz CT molecular complexity index is 90.4. The van der Waals surface area contributed by atoms with Gasteiger partial charge in [-0.2, -0.15) is 0 Å². The van der Waals surface area contributed by atoms with Gasteiger partial charge in [0.1, 0.15) is 5.78 Å². The topological polar surface area (TPSA) is 34.1 Å². The van der Waals surface area contributed by atoms with Gasteiger partial charge in [-0.1, -0.05) is 0 Å².